The first kappa shape index (κ1) is 38.3. The zero-order chi connectivity index (χ0) is 41.4. The Morgan fingerprint density at radius 2 is 1.42 bits per heavy atom. The fourth-order valence-electron chi connectivity index (χ4n) is 9.75. The van der Waals surface area contributed by atoms with Gasteiger partial charge in [-0.2, -0.15) is 0 Å². The lowest BCUT2D eigenvalue weighted by molar-refractivity contribution is -0.292. The summed E-state index contributed by atoms with van der Waals surface area (Å²) in [5, 5.41) is 22.5. The van der Waals surface area contributed by atoms with Crippen molar-refractivity contribution in [2.24, 2.45) is 4.99 Å². The fourth-order valence-corrected chi connectivity index (χ4v) is 9.75. The molecule has 4 aliphatic heterocycles. The van der Waals surface area contributed by atoms with Gasteiger partial charge in [0.05, 0.1) is 16.7 Å². The van der Waals surface area contributed by atoms with Gasteiger partial charge < -0.3 is 10.4 Å². The van der Waals surface area contributed by atoms with Crippen molar-refractivity contribution in [2.45, 2.75) is 102 Å². The Morgan fingerprint density at radius 3 is 2.18 bits per heavy atom. The number of unbranched alkanes of at least 4 members (excludes halogenated alkanes) is 7. The Labute approximate surface area is 364 Å². The number of carbonyl (C=O) groups is 3. The van der Waals surface area contributed by atoms with Crippen molar-refractivity contribution in [1.82, 2.24) is 0 Å². The maximum atomic E-state index is 14.7. The lowest BCUT2D eigenvalue weighted by Crippen LogP contribution is -2.53. The van der Waals surface area contributed by atoms with E-state index in [1.165, 1.54) is 32.1 Å². The summed E-state index contributed by atoms with van der Waals surface area (Å²) < 4.78 is 0. The lowest BCUT2D eigenvalue weighted by Gasteiger charge is -2.43. The van der Waals surface area contributed by atoms with Gasteiger partial charge in [-0.15, -0.1) is 6.42 Å². The molecule has 0 bridgehead atoms. The predicted molar refractivity (Wildman–Crippen MR) is 255 cm³/mol. The van der Waals surface area contributed by atoms with Gasteiger partial charge in [0.2, 0.25) is 11.8 Å². The number of Topliss-reactive ketones (excluding diaryl/α,β-unsaturated/α-hetero) is 1. The third-order valence-corrected chi connectivity index (χ3v) is 12.5. The molecule has 314 valence electrons. The maximum absolute atomic E-state index is 14.7. The topological polar surface area (TPSA) is 105 Å². The highest BCUT2D eigenvalue weighted by Crippen LogP contribution is 2.52. The summed E-state index contributed by atoms with van der Waals surface area (Å²) in [7, 11) is 0. The van der Waals surface area contributed by atoms with E-state index in [2.05, 4.69) is 65.5 Å². The largest absolute Gasteiger partial charge is 0.871 e. The van der Waals surface area contributed by atoms with Crippen molar-refractivity contribution in [3.8, 4) is 59.7 Å². The van der Waals surface area contributed by atoms with E-state index in [0.717, 1.165) is 52.2 Å². The minimum atomic E-state index is -1.17. The number of nitrogens with zero attached hydrogens (tertiary/aromatic N) is 3. The summed E-state index contributed by atoms with van der Waals surface area (Å²) in [4.78, 5) is 51.1. The lowest BCUT2D eigenvalue weighted by atomic mass is 9.79. The third kappa shape index (κ3) is 6.18. The zero-order valence-electron chi connectivity index (χ0n) is 33.5. The molecule has 1 aliphatic carbocycles. The third-order valence-electron chi connectivity index (χ3n) is 12.5. The van der Waals surface area contributed by atoms with Gasteiger partial charge in [-0.1, -0.05) is 106 Å². The second kappa shape index (κ2) is 15.5. The van der Waals surface area contributed by atoms with Crippen LogP contribution in [0.4, 0.5) is 17.1 Å². The van der Waals surface area contributed by atoms with Crippen molar-refractivity contribution < 1.29 is 33.8 Å². The van der Waals surface area contributed by atoms with Gasteiger partial charge in [0, 0.05) is 78.3 Å². The molecule has 8 heteroatoms. The van der Waals surface area contributed by atoms with E-state index in [4.69, 9.17) is 11.4 Å². The van der Waals surface area contributed by atoms with Crippen molar-refractivity contribution in [3.63, 3.8) is 0 Å². The molecule has 2 unspecified atom stereocenters. The Balaban J connectivity index is 0. The van der Waals surface area contributed by atoms with E-state index in [9.17, 15) is 19.5 Å². The van der Waals surface area contributed by atoms with E-state index in [0.29, 0.717) is 47.5 Å². The van der Waals surface area contributed by atoms with E-state index < -0.39 is 22.9 Å². The van der Waals surface area contributed by atoms with Crippen LogP contribution in [-0.4, -0.2) is 28.9 Å². The van der Waals surface area contributed by atoms with Crippen molar-refractivity contribution in [2.75, 3.05) is 15.1 Å². The smallest absolute Gasteiger partial charge is 0.229 e. The molecular formula is C52H61N4O4-. The van der Waals surface area contributed by atoms with Crippen LogP contribution in [0, 0.1) is 59.7 Å². The summed E-state index contributed by atoms with van der Waals surface area (Å²) in [5.74, 6) is 22.7. The molecule has 0 radical (unpaired) electrons. The second-order valence-electron chi connectivity index (χ2n) is 16.0. The Kier molecular flexibility index (Phi) is 9.93. The Bertz CT molecular complexity index is 3090. The van der Waals surface area contributed by atoms with Gasteiger partial charge in [0.1, 0.15) is 5.66 Å². The van der Waals surface area contributed by atoms with Crippen LogP contribution >= 0.6 is 0 Å². The molecule has 0 aromatic heterocycles. The molecule has 0 saturated carbocycles. The second-order valence-corrected chi connectivity index (χ2v) is 16.0. The first-order valence-electron chi connectivity index (χ1n) is 20.9. The van der Waals surface area contributed by atoms with Crippen LogP contribution in [0.5, 0.6) is 0 Å². The van der Waals surface area contributed by atoms with Crippen LogP contribution in [0.25, 0.3) is 32.7 Å². The zero-order valence-corrected chi connectivity index (χ0v) is 33.5. The first-order chi connectivity index (χ1) is 29.3. The molecule has 2 amide bonds. The number of allylic oxidation sites excluding steroid dienone is 2. The highest BCUT2D eigenvalue weighted by molar-refractivity contribution is 6.52. The number of hydrogen-bond acceptors (Lipinski definition) is 6. The monoisotopic (exact) mass is 805 g/mol. The normalized spacial score (nSPS) is 21.2. The quantitative estimate of drug-likeness (QED) is 0.127. The number of ketones is 1. The summed E-state index contributed by atoms with van der Waals surface area (Å²) in [6.07, 6.45) is 16.7. The molecule has 0 spiro atoms. The molecule has 60 heavy (non-hydrogen) atoms. The number of anilines is 3. The van der Waals surface area contributed by atoms with Crippen molar-refractivity contribution in [3.05, 3.63) is 82.6 Å². The summed E-state index contributed by atoms with van der Waals surface area (Å²) >= 11 is 0. The van der Waals surface area contributed by atoms with E-state index in [1.54, 1.807) is 11.0 Å². The van der Waals surface area contributed by atoms with Crippen LogP contribution in [0.1, 0.15) is 110 Å². The van der Waals surface area contributed by atoms with E-state index >= 15 is 0 Å². The Hall–Kier alpha value is -7.18. The van der Waals surface area contributed by atoms with Crippen LogP contribution in [0.2, 0.25) is 0 Å². The molecule has 1 N–H and O–H groups in total. The van der Waals surface area contributed by atoms with Crippen LogP contribution in [-0.2, 0) is 14.4 Å². The van der Waals surface area contributed by atoms with Gasteiger partial charge in [0.15, 0.2) is 11.4 Å². The van der Waals surface area contributed by atoms with Gasteiger partial charge in [-0.25, -0.2) is 0 Å². The molecule has 9 rings (SSSR count). The first-order valence-corrected chi connectivity index (χ1v) is 20.9. The summed E-state index contributed by atoms with van der Waals surface area (Å²) in [5.41, 5.74) is 0.503. The van der Waals surface area contributed by atoms with E-state index in [1.807, 2.05) is 59.5 Å². The highest BCUT2D eigenvalue weighted by Gasteiger charge is 2.51. The minimum absolute atomic E-state index is 0. The summed E-state index contributed by atoms with van der Waals surface area (Å²) in [6, 6.07) is 19.0. The molecule has 4 aromatic carbocycles. The minimum Gasteiger partial charge on any atom is -0.871 e. The SMILES string of the molecule is C#CC#CC#CC#CC#CC12CCC(=O)N1c1c(C3=C([O-])C(=c4ccc5cccc6c5c4=NC4(CCCCCCCCCC)CCC(=O)N64)C3=O)ccc3cccc(c13)N2.[HH].[HH].[HH].[HH].[HH].[HH].[HH].[HH].[HH].[HH]. The van der Waals surface area contributed by atoms with Crippen LogP contribution < -0.4 is 30.8 Å². The molecule has 4 aromatic rings. The van der Waals surface area contributed by atoms with Crippen molar-refractivity contribution >= 4 is 67.4 Å². The van der Waals surface area contributed by atoms with Crippen LogP contribution in [0.3, 0.4) is 0 Å². The predicted octanol–water partition coefficient (Wildman–Crippen LogP) is 8.84. The van der Waals surface area contributed by atoms with Gasteiger partial charge in [0.25, 0.3) is 0 Å². The molecular weight excluding hydrogens is 745 g/mol. The highest BCUT2D eigenvalue weighted by atomic mass is 16.3. The van der Waals surface area contributed by atoms with Gasteiger partial charge in [-0.3, -0.25) is 29.2 Å². The molecule has 8 nitrogen and oxygen atoms in total. The average Bonchev–Trinajstić information content (AvgIpc) is 3.77. The Morgan fingerprint density at radius 1 is 0.750 bits per heavy atom. The number of amides is 2. The van der Waals surface area contributed by atoms with Gasteiger partial charge in [-0.05, 0) is 89.0 Å². The number of benzene rings is 4. The van der Waals surface area contributed by atoms with E-state index in [-0.39, 0.29) is 43.6 Å². The molecule has 2 saturated heterocycles. The number of terminal acetylenes is 1. The molecule has 2 atom stereocenters. The van der Waals surface area contributed by atoms with Crippen molar-refractivity contribution in [1.29, 1.82) is 0 Å². The van der Waals surface area contributed by atoms with Gasteiger partial charge >= 0.3 is 0 Å². The molecule has 2 fully saturated rings. The number of nitrogens with one attached hydrogen (secondary N) is 1. The maximum Gasteiger partial charge on any atom is 0.229 e. The average molecular weight is 806 g/mol. The standard InChI is InChI=1S/C52H42N4O4.10H2/c1-3-5-7-9-11-13-15-17-31-51-33-30-42(58)56(51)48-38(28-26-35-21-19-23-39(53-51)43(35)48)46-49(59)45(50(46)60)37-27-25-36-22-20-24-40-44(36)47(37)54-52(34-29-41(57)55(40)52)32-18-16-14-12-10-8-6-4-2;;;;;;;;;;/h1,19-28,53,59H,4,6,8,10,12,14,16,18,29-30,32-34H2,2H3;10*1H/p-1. The fraction of sp³-hybridized carbons (Fsp3) is 0.308. The number of fused-ring (bicyclic) bond motifs is 4. The number of rotatable bonds is 10. The number of hydrogen-bond donors (Lipinski definition) is 1. The number of carbonyl (C=O) groups excluding carboxylic acids is 3. The van der Waals surface area contributed by atoms with Crippen LogP contribution in [0.15, 0.2) is 71.4 Å². The summed E-state index contributed by atoms with van der Waals surface area (Å²) in [6.45, 7) is 2.23. The molecule has 5 aliphatic rings. The molecule has 4 heterocycles.